The highest BCUT2D eigenvalue weighted by Crippen LogP contribution is 2.47. The topological polar surface area (TPSA) is 101 Å². The monoisotopic (exact) mass is 612 g/mol. The van der Waals surface area contributed by atoms with Gasteiger partial charge in [0.1, 0.15) is 0 Å². The third-order valence-corrected chi connectivity index (χ3v) is 8.75. The van der Waals surface area contributed by atoms with Crippen LogP contribution in [0.1, 0.15) is 37.8 Å². The fraction of sp³-hybridized carbons (Fsp3) is 0.593. The molecule has 3 fully saturated rings. The lowest BCUT2D eigenvalue weighted by Crippen LogP contribution is -2.59. The van der Waals surface area contributed by atoms with Crippen molar-refractivity contribution >= 4 is 29.1 Å². The van der Waals surface area contributed by atoms with Gasteiger partial charge in [0.05, 0.1) is 13.2 Å². The maximum absolute atomic E-state index is 14.2. The number of halogens is 4. The van der Waals surface area contributed by atoms with Gasteiger partial charge in [-0.25, -0.2) is 9.59 Å². The molecule has 1 aliphatic carbocycles. The molecule has 3 atom stereocenters. The van der Waals surface area contributed by atoms with Gasteiger partial charge in [-0.1, -0.05) is 29.8 Å². The summed E-state index contributed by atoms with van der Waals surface area (Å²) in [5.74, 6) is -2.36. The second-order valence-corrected chi connectivity index (χ2v) is 11.4. The second-order valence-electron chi connectivity index (χ2n) is 11.0. The van der Waals surface area contributed by atoms with Crippen molar-refractivity contribution in [3.63, 3.8) is 0 Å². The number of aromatic nitrogens is 2. The smallest absolute Gasteiger partial charge is 0.380 e. The first-order valence-corrected chi connectivity index (χ1v) is 14.5. The van der Waals surface area contributed by atoms with Crippen molar-refractivity contribution in [2.45, 2.75) is 63.8 Å². The SMILES string of the molecule is CCOCCn1c(=O)c2c(n(C3CC3)c1=O)N(OC(=O)C(F)(F)F)C(N1CCC3CNCC31)N2Cc1ccccc1Cl. The van der Waals surface area contributed by atoms with Gasteiger partial charge < -0.3 is 19.8 Å². The third kappa shape index (κ3) is 5.07. The number of carbonyl (C=O) groups is 1. The zero-order valence-electron chi connectivity index (χ0n) is 23.0. The number of hydroxylamine groups is 1. The fourth-order valence-corrected chi connectivity index (χ4v) is 6.50. The van der Waals surface area contributed by atoms with Crippen molar-refractivity contribution in [1.82, 2.24) is 19.4 Å². The Morgan fingerprint density at radius 2 is 1.90 bits per heavy atom. The van der Waals surface area contributed by atoms with Gasteiger partial charge in [-0.05, 0) is 50.3 Å². The Balaban J connectivity index is 1.57. The van der Waals surface area contributed by atoms with Gasteiger partial charge in [0.2, 0.25) is 0 Å². The normalized spacial score (nSPS) is 23.9. The molecule has 0 spiro atoms. The van der Waals surface area contributed by atoms with E-state index in [0.717, 1.165) is 22.6 Å². The first-order chi connectivity index (χ1) is 20.1. The molecule has 2 aromatic rings. The van der Waals surface area contributed by atoms with Crippen LogP contribution in [0, 0.1) is 5.92 Å². The molecule has 1 aromatic carbocycles. The highest BCUT2D eigenvalue weighted by Gasteiger charge is 2.55. The van der Waals surface area contributed by atoms with E-state index in [4.69, 9.17) is 21.2 Å². The molecule has 4 aliphatic rings. The van der Waals surface area contributed by atoms with Crippen LogP contribution < -0.4 is 26.5 Å². The van der Waals surface area contributed by atoms with E-state index in [1.807, 2.05) is 4.90 Å². The maximum atomic E-state index is 14.2. The van der Waals surface area contributed by atoms with Crippen LogP contribution in [0.25, 0.3) is 0 Å². The number of anilines is 2. The van der Waals surface area contributed by atoms with Crippen LogP contribution in [-0.2, 0) is 27.5 Å². The van der Waals surface area contributed by atoms with Gasteiger partial charge in [-0.3, -0.25) is 18.8 Å². The van der Waals surface area contributed by atoms with Gasteiger partial charge in [0.25, 0.3) is 5.56 Å². The minimum atomic E-state index is -5.31. The van der Waals surface area contributed by atoms with E-state index < -0.39 is 29.7 Å². The van der Waals surface area contributed by atoms with E-state index in [1.54, 1.807) is 36.1 Å². The summed E-state index contributed by atoms with van der Waals surface area (Å²) in [5.41, 5.74) is -0.792. The molecule has 0 bridgehead atoms. The minimum absolute atomic E-state index is 0.0162. The summed E-state index contributed by atoms with van der Waals surface area (Å²) >= 11 is 6.53. The number of hydrogen-bond donors (Lipinski definition) is 1. The number of carbonyl (C=O) groups excluding carboxylic acids is 1. The van der Waals surface area contributed by atoms with Crippen LogP contribution in [0.5, 0.6) is 0 Å². The zero-order chi connectivity index (χ0) is 29.8. The number of alkyl halides is 3. The molecule has 3 aliphatic heterocycles. The average Bonchev–Trinajstić information content (AvgIpc) is 3.41. The molecule has 42 heavy (non-hydrogen) atoms. The molecule has 0 amide bonds. The lowest BCUT2D eigenvalue weighted by molar-refractivity contribution is -0.203. The molecular weight excluding hydrogens is 581 g/mol. The van der Waals surface area contributed by atoms with Crippen LogP contribution in [-0.4, -0.2) is 71.4 Å². The Kier molecular flexibility index (Phi) is 7.75. The Morgan fingerprint density at radius 3 is 2.60 bits per heavy atom. The van der Waals surface area contributed by atoms with Crippen molar-refractivity contribution in [3.05, 3.63) is 55.7 Å². The van der Waals surface area contributed by atoms with Gasteiger partial charge >= 0.3 is 17.8 Å². The van der Waals surface area contributed by atoms with Gasteiger partial charge in [-0.15, -0.1) is 5.06 Å². The van der Waals surface area contributed by atoms with Crippen molar-refractivity contribution in [2.75, 3.05) is 42.8 Å². The lowest BCUT2D eigenvalue weighted by atomic mass is 10.1. The van der Waals surface area contributed by atoms with Crippen LogP contribution in [0.3, 0.4) is 0 Å². The largest absolute Gasteiger partial charge is 0.493 e. The van der Waals surface area contributed by atoms with Gasteiger partial charge in [-0.2, -0.15) is 13.2 Å². The fourth-order valence-electron chi connectivity index (χ4n) is 6.30. The van der Waals surface area contributed by atoms with Crippen molar-refractivity contribution < 1.29 is 27.5 Å². The summed E-state index contributed by atoms with van der Waals surface area (Å²) in [4.78, 5) is 49.1. The predicted molar refractivity (Wildman–Crippen MR) is 147 cm³/mol. The van der Waals surface area contributed by atoms with E-state index in [0.29, 0.717) is 43.1 Å². The van der Waals surface area contributed by atoms with Crippen molar-refractivity contribution in [3.8, 4) is 0 Å². The average molecular weight is 613 g/mol. The number of nitrogens with one attached hydrogen (secondary N) is 1. The number of rotatable bonds is 9. The molecule has 1 saturated carbocycles. The predicted octanol–water partition coefficient (Wildman–Crippen LogP) is 2.46. The molecule has 15 heteroatoms. The highest BCUT2D eigenvalue weighted by atomic mass is 35.5. The van der Waals surface area contributed by atoms with Crippen molar-refractivity contribution in [1.29, 1.82) is 0 Å². The molecule has 4 heterocycles. The van der Waals surface area contributed by atoms with Crippen LogP contribution in [0.2, 0.25) is 5.02 Å². The van der Waals surface area contributed by atoms with Crippen LogP contribution in [0.4, 0.5) is 24.7 Å². The molecule has 6 rings (SSSR count). The lowest BCUT2D eigenvalue weighted by Gasteiger charge is -2.40. The molecule has 11 nitrogen and oxygen atoms in total. The Labute approximate surface area is 244 Å². The maximum Gasteiger partial charge on any atom is 0.493 e. The molecule has 1 aromatic heterocycles. The number of hydrogen-bond acceptors (Lipinski definition) is 9. The molecule has 0 radical (unpaired) electrons. The Hall–Kier alpha value is -3.07. The first-order valence-electron chi connectivity index (χ1n) is 14.1. The molecule has 2 saturated heterocycles. The molecule has 3 unspecified atom stereocenters. The van der Waals surface area contributed by atoms with Crippen LogP contribution >= 0.6 is 11.6 Å². The summed E-state index contributed by atoms with van der Waals surface area (Å²) < 4.78 is 48.8. The summed E-state index contributed by atoms with van der Waals surface area (Å²) in [6.07, 6.45) is -4.49. The zero-order valence-corrected chi connectivity index (χ0v) is 23.7. The Morgan fingerprint density at radius 1 is 1.14 bits per heavy atom. The molecular formula is C27H32ClF3N6O5. The second kappa shape index (κ2) is 11.2. The summed E-state index contributed by atoms with van der Waals surface area (Å²) in [5, 5.41) is 4.57. The number of fused-ring (bicyclic) bond motifs is 2. The van der Waals surface area contributed by atoms with E-state index in [9.17, 15) is 27.6 Å². The van der Waals surface area contributed by atoms with Gasteiger partial charge in [0, 0.05) is 43.3 Å². The van der Waals surface area contributed by atoms with Crippen LogP contribution in [0.15, 0.2) is 33.9 Å². The molecule has 1 N–H and O–H groups in total. The number of benzene rings is 1. The Bertz CT molecular complexity index is 1480. The summed E-state index contributed by atoms with van der Waals surface area (Å²) in [7, 11) is 0. The summed E-state index contributed by atoms with van der Waals surface area (Å²) in [6.45, 7) is 4.04. The van der Waals surface area contributed by atoms with E-state index >= 15 is 0 Å². The van der Waals surface area contributed by atoms with E-state index in [1.165, 1.54) is 4.57 Å². The van der Waals surface area contributed by atoms with E-state index in [-0.39, 0.29) is 49.2 Å². The van der Waals surface area contributed by atoms with E-state index in [2.05, 4.69) is 5.32 Å². The standard InChI is InChI=1S/C27H32ClF3N6O5/c1-2-41-12-11-34-23(38)21-22(36(26(34)40)18-7-8-18)37(42-24(39)27(29,30)31)25(33-10-9-16-13-32-14-20(16)33)35(21)15-17-5-3-4-6-19(17)28/h3-6,16,18,20,25,32H,2,7-15H2,1H3. The molecule has 228 valence electrons. The first kappa shape index (κ1) is 29.0. The van der Waals surface area contributed by atoms with Gasteiger partial charge in [0.15, 0.2) is 17.8 Å². The quantitative estimate of drug-likeness (QED) is 0.428. The number of ether oxygens (including phenoxy) is 1. The number of nitrogens with zero attached hydrogens (tertiary/aromatic N) is 5. The highest BCUT2D eigenvalue weighted by molar-refractivity contribution is 6.31. The summed E-state index contributed by atoms with van der Waals surface area (Å²) in [6, 6.07) is 6.51. The third-order valence-electron chi connectivity index (χ3n) is 8.38. The minimum Gasteiger partial charge on any atom is -0.380 e. The number of likely N-dealkylation sites (tertiary alicyclic amines) is 1. The van der Waals surface area contributed by atoms with Crippen molar-refractivity contribution in [2.24, 2.45) is 5.92 Å².